The Morgan fingerprint density at radius 3 is 2.48 bits per heavy atom. The lowest BCUT2D eigenvalue weighted by atomic mass is 9.97. The van der Waals surface area contributed by atoms with Gasteiger partial charge in [0.1, 0.15) is 11.8 Å². The molecule has 46 heavy (non-hydrogen) atoms. The van der Waals surface area contributed by atoms with Crippen molar-refractivity contribution in [3.05, 3.63) is 143 Å². The minimum absolute atomic E-state index is 0.629. The van der Waals surface area contributed by atoms with E-state index in [-0.39, 0.29) is 0 Å². The molecule has 0 N–H and O–H groups in total. The Labute approximate surface area is 264 Å². The maximum absolute atomic E-state index is 10.4. The van der Waals surface area contributed by atoms with E-state index >= 15 is 0 Å². The van der Waals surface area contributed by atoms with Crippen LogP contribution in [0.25, 0.3) is 84.4 Å². The Morgan fingerprint density at radius 1 is 0.717 bits per heavy atom. The van der Waals surface area contributed by atoms with E-state index in [0.29, 0.717) is 5.56 Å². The van der Waals surface area contributed by atoms with Crippen LogP contribution in [-0.2, 0) is 6.42 Å². The summed E-state index contributed by atoms with van der Waals surface area (Å²) in [6.45, 7) is 0. The molecule has 0 saturated carbocycles. The van der Waals surface area contributed by atoms with E-state index in [1.165, 1.54) is 5.56 Å². The number of aryl methyl sites for hydroxylation is 1. The summed E-state index contributed by atoms with van der Waals surface area (Å²) in [6, 6.07) is 38.6. The third kappa shape index (κ3) is 3.32. The zero-order valence-electron chi connectivity index (χ0n) is 24.8. The first kappa shape index (κ1) is 25.1. The van der Waals surface area contributed by atoms with Crippen LogP contribution in [0.1, 0.15) is 34.6 Å². The van der Waals surface area contributed by atoms with Crippen LogP contribution in [0.5, 0.6) is 0 Å². The normalized spacial score (nSPS) is 13.3. The lowest BCUT2D eigenvalue weighted by molar-refractivity contribution is 0.548. The molecule has 0 fully saturated rings. The summed E-state index contributed by atoms with van der Waals surface area (Å²) in [5.41, 5.74) is 15.5. The molecule has 10 rings (SSSR count). The molecular formula is C42H25N3O. The smallest absolute Gasteiger partial charge is 0.159 e. The zero-order chi connectivity index (χ0) is 30.4. The molecule has 0 radical (unpaired) electrons. The lowest BCUT2D eigenvalue weighted by Crippen LogP contribution is -2.02. The van der Waals surface area contributed by atoms with Gasteiger partial charge in [-0.1, -0.05) is 72.8 Å². The predicted molar refractivity (Wildman–Crippen MR) is 187 cm³/mol. The molecular weight excluding hydrogens is 562 g/mol. The number of nitrogens with zero attached hydrogens (tertiary/aromatic N) is 3. The molecule has 0 unspecified atom stereocenters. The molecule has 2 aliphatic carbocycles. The zero-order valence-corrected chi connectivity index (χ0v) is 24.8. The van der Waals surface area contributed by atoms with Crippen molar-refractivity contribution in [2.75, 3.05) is 0 Å². The van der Waals surface area contributed by atoms with E-state index in [4.69, 9.17) is 4.42 Å². The number of para-hydroxylation sites is 3. The average Bonchev–Trinajstić information content (AvgIpc) is 3.88. The van der Waals surface area contributed by atoms with Gasteiger partial charge in [0.25, 0.3) is 0 Å². The molecule has 0 amide bonds. The summed E-state index contributed by atoms with van der Waals surface area (Å²) in [4.78, 5) is 0. The maximum atomic E-state index is 10.4. The minimum Gasteiger partial charge on any atom is -0.458 e. The van der Waals surface area contributed by atoms with Crippen molar-refractivity contribution in [3.8, 4) is 28.6 Å². The predicted octanol–water partition coefficient (Wildman–Crippen LogP) is 10.6. The Morgan fingerprint density at radius 2 is 1.57 bits per heavy atom. The molecule has 5 aromatic carbocycles. The highest BCUT2D eigenvalue weighted by Gasteiger charge is 2.24. The summed E-state index contributed by atoms with van der Waals surface area (Å²) >= 11 is 0. The second-order valence-corrected chi connectivity index (χ2v) is 12.0. The number of aromatic nitrogens is 2. The molecule has 0 atom stereocenters. The van der Waals surface area contributed by atoms with Crippen molar-refractivity contribution in [2.24, 2.45) is 0 Å². The van der Waals surface area contributed by atoms with Gasteiger partial charge in [0.2, 0.25) is 0 Å². The van der Waals surface area contributed by atoms with Crippen LogP contribution in [0.2, 0.25) is 0 Å². The molecule has 8 aromatic rings. The number of fused-ring (bicyclic) bond motifs is 10. The molecule has 0 aliphatic heterocycles. The molecule has 4 heteroatoms. The van der Waals surface area contributed by atoms with Crippen LogP contribution < -0.4 is 0 Å². The third-order valence-electron chi connectivity index (χ3n) is 9.63. The quantitative estimate of drug-likeness (QED) is 0.193. The van der Waals surface area contributed by atoms with E-state index in [2.05, 4.69) is 124 Å². The third-order valence-corrected chi connectivity index (χ3v) is 9.63. The standard InChI is InChI=1S/C42H25N3O/c43-25-27-10-8-15-29(40(27)45-36-17-6-4-13-30(36)31-16-9-18-37(31)45)26-20-23-38-35(24-26)33-21-22-34-32-14-5-7-19-39(32)46-42(34)41(33)44(38)28-11-2-1-3-12-28/h1-6,8,10-18,20-24H,7,19H2. The van der Waals surface area contributed by atoms with Crippen LogP contribution in [0, 0.1) is 11.3 Å². The molecule has 0 bridgehead atoms. The highest BCUT2D eigenvalue weighted by Crippen LogP contribution is 2.43. The molecule has 214 valence electrons. The molecule has 0 spiro atoms. The van der Waals surface area contributed by atoms with Crippen molar-refractivity contribution in [2.45, 2.75) is 12.8 Å². The Hall–Kier alpha value is -6.27. The van der Waals surface area contributed by atoms with Crippen molar-refractivity contribution in [1.29, 1.82) is 5.26 Å². The highest BCUT2D eigenvalue weighted by molar-refractivity contribution is 6.19. The first-order chi connectivity index (χ1) is 22.8. The summed E-state index contributed by atoms with van der Waals surface area (Å²) in [5, 5.41) is 15.0. The fourth-order valence-electron chi connectivity index (χ4n) is 7.65. The lowest BCUT2D eigenvalue weighted by Gasteiger charge is -2.16. The summed E-state index contributed by atoms with van der Waals surface area (Å²) in [6.07, 6.45) is 10.4. The van der Waals surface area contributed by atoms with E-state index < -0.39 is 0 Å². The van der Waals surface area contributed by atoms with Gasteiger partial charge in [-0.25, -0.2) is 0 Å². The number of hydrogen-bond acceptors (Lipinski definition) is 2. The largest absolute Gasteiger partial charge is 0.458 e. The van der Waals surface area contributed by atoms with Gasteiger partial charge in [-0.15, -0.1) is 5.73 Å². The van der Waals surface area contributed by atoms with Gasteiger partial charge >= 0.3 is 0 Å². The number of nitriles is 1. The van der Waals surface area contributed by atoms with E-state index in [1.807, 2.05) is 24.3 Å². The average molecular weight is 588 g/mol. The monoisotopic (exact) mass is 587 g/mol. The SMILES string of the molecule is N#Cc1cccc(-c2ccc3c(c2)c2ccc4c5c(oc4c2n3-c2ccccc2)CCC=C5)c1-n1c2c(c3ccccc31)C=C=C2. The first-order valence-corrected chi connectivity index (χ1v) is 15.6. The summed E-state index contributed by atoms with van der Waals surface area (Å²) < 4.78 is 11.2. The number of furan rings is 1. The number of hydrogen-bond donors (Lipinski definition) is 0. The maximum Gasteiger partial charge on any atom is 0.159 e. The van der Waals surface area contributed by atoms with Crippen LogP contribution in [0.4, 0.5) is 0 Å². The summed E-state index contributed by atoms with van der Waals surface area (Å²) in [5.74, 6) is 1.06. The second-order valence-electron chi connectivity index (χ2n) is 12.0. The van der Waals surface area contributed by atoms with E-state index in [1.54, 1.807) is 0 Å². The topological polar surface area (TPSA) is 46.8 Å². The van der Waals surface area contributed by atoms with Crippen molar-refractivity contribution >= 4 is 61.9 Å². The van der Waals surface area contributed by atoms with E-state index in [9.17, 15) is 5.26 Å². The van der Waals surface area contributed by atoms with Gasteiger partial charge in [-0.3, -0.25) is 0 Å². The van der Waals surface area contributed by atoms with Gasteiger partial charge < -0.3 is 13.6 Å². The van der Waals surface area contributed by atoms with Gasteiger partial charge in [0.15, 0.2) is 5.58 Å². The van der Waals surface area contributed by atoms with Crippen molar-refractivity contribution < 1.29 is 4.42 Å². The van der Waals surface area contributed by atoms with Crippen LogP contribution in [0.3, 0.4) is 0 Å². The molecule has 4 nitrogen and oxygen atoms in total. The Kier molecular flexibility index (Phi) is 5.11. The fourth-order valence-corrected chi connectivity index (χ4v) is 7.65. The molecule has 0 saturated heterocycles. The minimum atomic E-state index is 0.629. The number of rotatable bonds is 3. The fraction of sp³-hybridized carbons (Fsp3) is 0.0476. The first-order valence-electron chi connectivity index (χ1n) is 15.6. The summed E-state index contributed by atoms with van der Waals surface area (Å²) in [7, 11) is 0. The Balaban J connectivity index is 1.29. The van der Waals surface area contributed by atoms with Crippen molar-refractivity contribution in [1.82, 2.24) is 9.13 Å². The van der Waals surface area contributed by atoms with Gasteiger partial charge in [0, 0.05) is 56.4 Å². The highest BCUT2D eigenvalue weighted by atomic mass is 16.3. The van der Waals surface area contributed by atoms with E-state index in [0.717, 1.165) is 96.0 Å². The van der Waals surface area contributed by atoms with Crippen LogP contribution >= 0.6 is 0 Å². The Bertz CT molecular complexity index is 2730. The van der Waals surface area contributed by atoms with Crippen molar-refractivity contribution in [3.63, 3.8) is 0 Å². The number of benzene rings is 5. The number of allylic oxidation sites excluding steroid dienone is 1. The molecule has 3 aromatic heterocycles. The molecule has 2 aliphatic rings. The van der Waals surface area contributed by atoms with Crippen LogP contribution in [0.15, 0.2) is 119 Å². The van der Waals surface area contributed by atoms with Gasteiger partial charge in [0.05, 0.1) is 33.5 Å². The van der Waals surface area contributed by atoms with Gasteiger partial charge in [-0.2, -0.15) is 5.26 Å². The van der Waals surface area contributed by atoms with Gasteiger partial charge in [-0.05, 0) is 60.5 Å². The second kappa shape index (κ2) is 9.36. The van der Waals surface area contributed by atoms with Crippen LogP contribution in [-0.4, -0.2) is 9.13 Å². The molecule has 3 heterocycles.